The van der Waals surface area contributed by atoms with E-state index in [1.165, 1.54) is 73.6 Å². The van der Waals surface area contributed by atoms with Gasteiger partial charge in [-0.25, -0.2) is 19.9 Å². The molecule has 16 heteroatoms. The lowest BCUT2D eigenvalue weighted by atomic mass is 10.1. The minimum absolute atomic E-state index is 0. The van der Waals surface area contributed by atoms with Crippen molar-refractivity contribution in [2.24, 2.45) is 23.7 Å². The SMILES string of the molecule is C.C.C.C.CCc1ccc(-c2nc(CSCC(=O)CC3CC3)c(C)o2)cc1.Cc1ccc(-c2nc(CSCC(=O)CC3CC3)c(C)o2)cc1.Cc1ccc(-c2nc(CSCC(=O)CC3CC3)c(C)o2)cc1.Cc1ccc(-c2nc(CSCC(=O)CC3CC3)c(C)o2)cc1. The zero-order valence-corrected chi connectivity index (χ0v) is 56.4. The van der Waals surface area contributed by atoms with E-state index in [1.54, 1.807) is 47.0 Å². The third kappa shape index (κ3) is 26.1. The number of thioether (sulfide) groups is 4. The number of carbonyl (C=O) groups is 4. The highest BCUT2D eigenvalue weighted by atomic mass is 32.2. The van der Waals surface area contributed by atoms with E-state index in [4.69, 9.17) is 17.7 Å². The van der Waals surface area contributed by atoms with Gasteiger partial charge in [0, 0.05) is 70.9 Å². The van der Waals surface area contributed by atoms with Crippen molar-refractivity contribution in [2.45, 2.75) is 192 Å². The van der Waals surface area contributed by atoms with Crippen LogP contribution in [0.3, 0.4) is 0 Å². The van der Waals surface area contributed by atoms with Gasteiger partial charge in [0.05, 0.1) is 45.8 Å². The fraction of sp³-hybridized carbons (Fsp3) is 0.481. The summed E-state index contributed by atoms with van der Waals surface area (Å²) in [5.74, 6) is 15.5. The average Bonchev–Trinajstić information content (AvgIpc) is 1.80. The minimum atomic E-state index is 0. The quantitative estimate of drug-likeness (QED) is 0.0433. The maximum Gasteiger partial charge on any atom is 0.226 e. The number of hydrogen-bond donors (Lipinski definition) is 0. The molecule has 4 aromatic heterocycles. The van der Waals surface area contributed by atoms with E-state index >= 15 is 0 Å². The van der Waals surface area contributed by atoms with Crippen LogP contribution >= 0.6 is 47.0 Å². The molecule has 0 atom stereocenters. The topological polar surface area (TPSA) is 172 Å². The Morgan fingerprint density at radius 1 is 0.344 bits per heavy atom. The molecule has 0 radical (unpaired) electrons. The number of hydrogen-bond acceptors (Lipinski definition) is 16. The van der Waals surface area contributed by atoms with Crippen LogP contribution in [0.2, 0.25) is 0 Å². The fourth-order valence-corrected chi connectivity index (χ4v) is 13.2. The maximum absolute atomic E-state index is 11.8. The summed E-state index contributed by atoms with van der Waals surface area (Å²) in [5.41, 5.74) is 12.7. The number of aromatic nitrogens is 4. The van der Waals surface area contributed by atoms with Crippen LogP contribution < -0.4 is 0 Å². The second-order valence-corrected chi connectivity index (χ2v) is 28.4. The van der Waals surface area contributed by atoms with Gasteiger partial charge in [0.15, 0.2) is 0 Å². The highest BCUT2D eigenvalue weighted by molar-refractivity contribution is 7.99. The first kappa shape index (κ1) is 77.5. The number of oxazole rings is 4. The summed E-state index contributed by atoms with van der Waals surface area (Å²) in [5, 5.41) is 0. The zero-order chi connectivity index (χ0) is 62.8. The average molecular weight is 1340 g/mol. The molecule has 4 fully saturated rings. The van der Waals surface area contributed by atoms with Crippen LogP contribution in [0.4, 0.5) is 0 Å². The molecule has 0 amide bonds. The normalized spacial score (nSPS) is 13.6. The summed E-state index contributed by atoms with van der Waals surface area (Å²) in [7, 11) is 0. The Hall–Kier alpha value is -6.20. The van der Waals surface area contributed by atoms with Crippen LogP contribution in [-0.2, 0) is 48.6 Å². The molecule has 0 saturated heterocycles. The molecule has 12 rings (SSSR count). The van der Waals surface area contributed by atoms with E-state index in [0.29, 0.717) is 93.4 Å². The monoisotopic (exact) mass is 1340 g/mol. The molecule has 0 aliphatic heterocycles. The number of ketones is 4. The third-order valence-corrected chi connectivity index (χ3v) is 20.0. The number of aryl methyl sites for hydroxylation is 8. The molecular formula is C77H102N4O8S4. The molecule has 4 aromatic carbocycles. The van der Waals surface area contributed by atoms with E-state index in [9.17, 15) is 19.2 Å². The summed E-state index contributed by atoms with van der Waals surface area (Å²) >= 11 is 6.55. The first-order valence-corrected chi connectivity index (χ1v) is 36.2. The molecule has 4 heterocycles. The Balaban J connectivity index is 0.000000222. The Labute approximate surface area is 572 Å². The van der Waals surface area contributed by atoms with Crippen molar-refractivity contribution < 1.29 is 36.8 Å². The summed E-state index contributed by atoms with van der Waals surface area (Å²) in [6.07, 6.45) is 14.0. The Bertz CT molecular complexity index is 3310. The lowest BCUT2D eigenvalue weighted by molar-refractivity contribution is -0.117. The molecule has 0 N–H and O–H groups in total. The Kier molecular flexibility index (Phi) is 32.0. The van der Waals surface area contributed by atoms with Gasteiger partial charge in [0.1, 0.15) is 46.2 Å². The number of carbonyl (C=O) groups excluding carboxylic acids is 4. The van der Waals surface area contributed by atoms with Crippen molar-refractivity contribution in [3.8, 4) is 45.8 Å². The minimum Gasteiger partial charge on any atom is -0.441 e. The molecule has 4 aliphatic carbocycles. The summed E-state index contributed by atoms with van der Waals surface area (Å²) < 4.78 is 23.1. The highest BCUT2D eigenvalue weighted by Gasteiger charge is 2.27. The van der Waals surface area contributed by atoms with Crippen molar-refractivity contribution >= 4 is 70.2 Å². The van der Waals surface area contributed by atoms with E-state index in [-0.39, 0.29) is 29.7 Å². The molecule has 0 unspecified atom stereocenters. The summed E-state index contributed by atoms with van der Waals surface area (Å²) in [6, 6.07) is 32.8. The number of Topliss-reactive ketones (excluding diaryl/α,β-unsaturated/α-hetero) is 4. The van der Waals surface area contributed by atoms with Crippen molar-refractivity contribution in [3.05, 3.63) is 165 Å². The zero-order valence-electron chi connectivity index (χ0n) is 53.1. The molecular weight excluding hydrogens is 1240 g/mol. The van der Waals surface area contributed by atoms with E-state index in [2.05, 4.69) is 108 Å². The molecule has 93 heavy (non-hydrogen) atoms. The molecule has 0 spiro atoms. The predicted octanol–water partition coefficient (Wildman–Crippen LogP) is 21.0. The van der Waals surface area contributed by atoms with Crippen LogP contribution in [0.1, 0.15) is 182 Å². The molecule has 4 saturated carbocycles. The van der Waals surface area contributed by atoms with Gasteiger partial charge in [-0.05, 0) is 184 Å². The van der Waals surface area contributed by atoms with Gasteiger partial charge in [0.2, 0.25) is 23.6 Å². The summed E-state index contributed by atoms with van der Waals surface area (Å²) in [4.78, 5) is 65.4. The van der Waals surface area contributed by atoms with Gasteiger partial charge < -0.3 is 17.7 Å². The van der Waals surface area contributed by atoms with Crippen molar-refractivity contribution in [3.63, 3.8) is 0 Å². The maximum atomic E-state index is 11.8. The van der Waals surface area contributed by atoms with Crippen molar-refractivity contribution in [1.82, 2.24) is 19.9 Å². The van der Waals surface area contributed by atoms with Crippen LogP contribution in [0.15, 0.2) is 115 Å². The Morgan fingerprint density at radius 3 is 0.742 bits per heavy atom. The number of benzene rings is 4. The van der Waals surface area contributed by atoms with Gasteiger partial charge in [-0.2, -0.15) is 0 Å². The molecule has 0 bridgehead atoms. The largest absolute Gasteiger partial charge is 0.441 e. The van der Waals surface area contributed by atoms with Gasteiger partial charge in [-0.15, -0.1) is 47.0 Å². The van der Waals surface area contributed by atoms with E-state index in [1.807, 2.05) is 64.1 Å². The lowest BCUT2D eigenvalue weighted by Crippen LogP contribution is -2.02. The lowest BCUT2D eigenvalue weighted by Gasteiger charge is -1.99. The Morgan fingerprint density at radius 2 is 0.548 bits per heavy atom. The summed E-state index contributed by atoms with van der Waals surface area (Å²) in [6.45, 7) is 16.1. The van der Waals surface area contributed by atoms with Crippen LogP contribution in [-0.4, -0.2) is 66.1 Å². The van der Waals surface area contributed by atoms with Crippen molar-refractivity contribution in [2.75, 3.05) is 23.0 Å². The molecule has 8 aromatic rings. The van der Waals surface area contributed by atoms with Crippen LogP contribution in [0.25, 0.3) is 45.8 Å². The second kappa shape index (κ2) is 38.4. The fourth-order valence-electron chi connectivity index (χ4n) is 9.57. The van der Waals surface area contributed by atoms with Crippen LogP contribution in [0, 0.1) is 72.1 Å². The van der Waals surface area contributed by atoms with E-state index in [0.717, 1.165) is 123 Å². The van der Waals surface area contributed by atoms with Crippen LogP contribution in [0.5, 0.6) is 0 Å². The number of nitrogens with zero attached hydrogens (tertiary/aromatic N) is 4. The first-order chi connectivity index (χ1) is 43.0. The molecule has 502 valence electrons. The van der Waals surface area contributed by atoms with Gasteiger partial charge in [-0.1, -0.05) is 102 Å². The third-order valence-electron chi connectivity index (χ3n) is 15.9. The highest BCUT2D eigenvalue weighted by Crippen LogP contribution is 2.37. The van der Waals surface area contributed by atoms with E-state index < -0.39 is 0 Å². The van der Waals surface area contributed by atoms with Gasteiger partial charge in [-0.3, -0.25) is 19.2 Å². The predicted molar refractivity (Wildman–Crippen MR) is 391 cm³/mol. The smallest absolute Gasteiger partial charge is 0.226 e. The van der Waals surface area contributed by atoms with Crippen molar-refractivity contribution in [1.29, 1.82) is 0 Å². The number of rotatable bonds is 29. The molecule has 4 aliphatic rings. The second-order valence-electron chi connectivity index (χ2n) is 24.5. The standard InChI is InChI=1S/C19H23NO2S.3C18H21NO2S.4CH4/c1-3-14-6-8-16(9-7-14)19-20-18(13(2)22-19)12-23-11-17(21)10-15-4-5-15;3*1-12-3-7-15(8-4-12)18-19-17(13(2)21-18)11-22-10-16(20)9-14-5-6-14;;;;/h6-9,15H,3-5,10-12H2,1-2H3;3*3-4,7-8,14H,5-6,9-11H2,1-2H3;4*1H4. The molecule has 12 nitrogen and oxygen atoms in total. The first-order valence-electron chi connectivity index (χ1n) is 31.5. The van der Waals surface area contributed by atoms with Gasteiger partial charge in [0.25, 0.3) is 0 Å². The van der Waals surface area contributed by atoms with Gasteiger partial charge >= 0.3 is 0 Å².